The first-order valence-corrected chi connectivity index (χ1v) is 10.7. The number of amides is 2. The molecule has 9 heteroatoms. The zero-order chi connectivity index (χ0) is 22.1. The molecule has 0 spiro atoms. The van der Waals surface area contributed by atoms with Crippen LogP contribution in [0.25, 0.3) is 0 Å². The Morgan fingerprint density at radius 2 is 2.10 bits per heavy atom. The van der Waals surface area contributed by atoms with Crippen LogP contribution >= 0.6 is 0 Å². The second-order valence-electron chi connectivity index (χ2n) is 8.79. The van der Waals surface area contributed by atoms with Gasteiger partial charge in [-0.25, -0.2) is 8.78 Å². The van der Waals surface area contributed by atoms with Crippen molar-refractivity contribution >= 4 is 11.8 Å². The second kappa shape index (κ2) is 8.72. The van der Waals surface area contributed by atoms with Crippen molar-refractivity contribution in [3.8, 4) is 0 Å². The van der Waals surface area contributed by atoms with Crippen molar-refractivity contribution in [3.63, 3.8) is 0 Å². The highest BCUT2D eigenvalue weighted by Gasteiger charge is 2.42. The summed E-state index contributed by atoms with van der Waals surface area (Å²) in [6.07, 6.45) is 1.93. The number of aromatic nitrogens is 3. The number of carbonyl (C=O) groups is 2. The van der Waals surface area contributed by atoms with Gasteiger partial charge in [-0.15, -0.1) is 0 Å². The molecular formula is C22H27F2N5O2. The van der Waals surface area contributed by atoms with E-state index in [1.807, 2.05) is 19.9 Å². The van der Waals surface area contributed by atoms with Crippen LogP contribution in [0.4, 0.5) is 8.78 Å². The van der Waals surface area contributed by atoms with Crippen molar-refractivity contribution in [2.45, 2.75) is 63.7 Å². The molecular weight excluding hydrogens is 404 g/mol. The summed E-state index contributed by atoms with van der Waals surface area (Å²) in [4.78, 5) is 27.0. The third-order valence-corrected chi connectivity index (χ3v) is 6.07. The molecule has 1 saturated heterocycles. The Labute approximate surface area is 179 Å². The predicted octanol–water partition coefficient (Wildman–Crippen LogP) is 2.82. The number of hydrogen-bond donors (Lipinski definition) is 2. The van der Waals surface area contributed by atoms with Gasteiger partial charge in [0.15, 0.2) is 0 Å². The van der Waals surface area contributed by atoms with E-state index in [2.05, 4.69) is 20.7 Å². The maximum absolute atomic E-state index is 14.6. The van der Waals surface area contributed by atoms with Gasteiger partial charge in [0.05, 0.1) is 30.9 Å². The van der Waals surface area contributed by atoms with Gasteiger partial charge in [-0.05, 0) is 41.9 Å². The average molecular weight is 431 g/mol. The average Bonchev–Trinajstić information content (AvgIpc) is 3.28. The molecule has 31 heavy (non-hydrogen) atoms. The number of rotatable bonds is 7. The molecule has 2 fully saturated rings. The third-order valence-electron chi connectivity index (χ3n) is 6.07. The molecule has 1 saturated carbocycles. The maximum atomic E-state index is 14.6. The van der Waals surface area contributed by atoms with E-state index in [1.165, 1.54) is 17.2 Å². The number of nitrogens with one attached hydrogen (secondary N) is 2. The van der Waals surface area contributed by atoms with E-state index < -0.39 is 18.1 Å². The van der Waals surface area contributed by atoms with Crippen molar-refractivity contribution in [2.75, 3.05) is 6.54 Å². The van der Waals surface area contributed by atoms with Gasteiger partial charge in [0.25, 0.3) is 0 Å². The van der Waals surface area contributed by atoms with E-state index in [9.17, 15) is 18.4 Å². The smallest absolute Gasteiger partial charge is 0.243 e. The molecule has 2 N–H and O–H groups in total. The summed E-state index contributed by atoms with van der Waals surface area (Å²) < 4.78 is 28.7. The summed E-state index contributed by atoms with van der Waals surface area (Å²) in [5.74, 6) is -0.785. The SMILES string of the molecule is CC(C)c1ccc(C(NC(=O)C2CC(F)CN2C(=O)Cc2cn[nH]n2)C2CC2)cc1F. The van der Waals surface area contributed by atoms with E-state index in [-0.39, 0.29) is 49.0 Å². The molecule has 7 nitrogen and oxygen atoms in total. The molecule has 2 amide bonds. The van der Waals surface area contributed by atoms with E-state index in [4.69, 9.17) is 0 Å². The number of H-pyrrole nitrogens is 1. The zero-order valence-corrected chi connectivity index (χ0v) is 17.6. The first-order valence-electron chi connectivity index (χ1n) is 10.7. The Morgan fingerprint density at radius 1 is 1.32 bits per heavy atom. The zero-order valence-electron chi connectivity index (χ0n) is 17.6. The second-order valence-corrected chi connectivity index (χ2v) is 8.79. The van der Waals surface area contributed by atoms with Crippen molar-refractivity contribution in [3.05, 3.63) is 47.0 Å². The van der Waals surface area contributed by atoms with Crippen LogP contribution in [0.1, 0.15) is 61.9 Å². The fourth-order valence-electron chi connectivity index (χ4n) is 4.23. The Balaban J connectivity index is 1.49. The number of alkyl halides is 1. The molecule has 1 aromatic carbocycles. The number of carbonyl (C=O) groups excluding carboxylic acids is 2. The molecule has 1 aliphatic heterocycles. The lowest BCUT2D eigenvalue weighted by atomic mass is 9.96. The molecule has 166 valence electrons. The highest BCUT2D eigenvalue weighted by Crippen LogP contribution is 2.42. The molecule has 4 rings (SSSR count). The molecule has 3 atom stereocenters. The number of hydrogen-bond acceptors (Lipinski definition) is 4. The van der Waals surface area contributed by atoms with E-state index in [0.717, 1.165) is 12.8 Å². The number of benzene rings is 1. The van der Waals surface area contributed by atoms with Crippen molar-refractivity contribution < 1.29 is 18.4 Å². The third kappa shape index (κ3) is 4.75. The summed E-state index contributed by atoms with van der Waals surface area (Å²) in [6.45, 7) is 3.73. The van der Waals surface area contributed by atoms with Crippen LogP contribution in [0.3, 0.4) is 0 Å². The lowest BCUT2D eigenvalue weighted by molar-refractivity contribution is -0.138. The summed E-state index contributed by atoms with van der Waals surface area (Å²) >= 11 is 0. The lowest BCUT2D eigenvalue weighted by Gasteiger charge is -2.27. The van der Waals surface area contributed by atoms with Crippen LogP contribution in [-0.4, -0.2) is 50.9 Å². The number of aromatic amines is 1. The van der Waals surface area contributed by atoms with Crippen LogP contribution in [-0.2, 0) is 16.0 Å². The van der Waals surface area contributed by atoms with Gasteiger partial charge >= 0.3 is 0 Å². The molecule has 1 aliphatic carbocycles. The molecule has 2 aliphatic rings. The topological polar surface area (TPSA) is 91.0 Å². The van der Waals surface area contributed by atoms with Gasteiger partial charge in [0, 0.05) is 6.42 Å². The quantitative estimate of drug-likeness (QED) is 0.705. The fourth-order valence-corrected chi connectivity index (χ4v) is 4.23. The standard InChI is InChI=1S/C22H27F2N5O2/c1-12(2)17-6-5-14(7-18(17)24)21(13-3-4-13)26-22(31)19-8-15(23)11-29(19)20(30)9-16-10-25-28-27-16/h5-7,10,12-13,15,19,21H,3-4,8-9,11H2,1-2H3,(H,26,31)(H,25,27,28). The van der Waals surface area contributed by atoms with Crippen LogP contribution in [0.15, 0.2) is 24.4 Å². The minimum absolute atomic E-state index is 0.0472. The highest BCUT2D eigenvalue weighted by molar-refractivity contribution is 5.89. The minimum Gasteiger partial charge on any atom is -0.347 e. The summed E-state index contributed by atoms with van der Waals surface area (Å²) in [5, 5.41) is 12.9. The Hall–Kier alpha value is -2.84. The normalized spacial score (nSPS) is 22.0. The van der Waals surface area contributed by atoms with Crippen molar-refractivity contribution in [2.24, 2.45) is 5.92 Å². The molecule has 1 aromatic heterocycles. The molecule has 2 heterocycles. The molecule has 3 unspecified atom stereocenters. The van der Waals surface area contributed by atoms with Gasteiger partial charge < -0.3 is 10.2 Å². The van der Waals surface area contributed by atoms with Gasteiger partial charge in [-0.1, -0.05) is 26.0 Å². The summed E-state index contributed by atoms with van der Waals surface area (Å²) in [6, 6.07) is 3.85. The van der Waals surface area contributed by atoms with Gasteiger partial charge in [-0.3, -0.25) is 9.59 Å². The van der Waals surface area contributed by atoms with Crippen LogP contribution in [0.5, 0.6) is 0 Å². The Bertz CT molecular complexity index is 945. The van der Waals surface area contributed by atoms with Gasteiger partial charge in [0.1, 0.15) is 18.0 Å². The molecule has 0 radical (unpaired) electrons. The van der Waals surface area contributed by atoms with E-state index in [1.54, 1.807) is 6.07 Å². The van der Waals surface area contributed by atoms with Crippen molar-refractivity contribution in [1.29, 1.82) is 0 Å². The van der Waals surface area contributed by atoms with Crippen LogP contribution < -0.4 is 5.32 Å². The number of nitrogens with zero attached hydrogens (tertiary/aromatic N) is 3. The first kappa shape index (κ1) is 21.4. The van der Waals surface area contributed by atoms with E-state index in [0.29, 0.717) is 16.8 Å². The van der Waals surface area contributed by atoms with Gasteiger partial charge in [0.2, 0.25) is 11.8 Å². The summed E-state index contributed by atoms with van der Waals surface area (Å²) in [5.41, 5.74) is 1.77. The monoisotopic (exact) mass is 431 g/mol. The lowest BCUT2D eigenvalue weighted by Crippen LogP contribution is -2.47. The highest BCUT2D eigenvalue weighted by atomic mass is 19.1. The predicted molar refractivity (Wildman–Crippen MR) is 109 cm³/mol. The van der Waals surface area contributed by atoms with Crippen molar-refractivity contribution in [1.82, 2.24) is 25.6 Å². The van der Waals surface area contributed by atoms with Crippen LogP contribution in [0, 0.1) is 11.7 Å². The Kier molecular flexibility index (Phi) is 6.02. The van der Waals surface area contributed by atoms with Gasteiger partial charge in [-0.2, -0.15) is 15.4 Å². The fraction of sp³-hybridized carbons (Fsp3) is 0.545. The minimum atomic E-state index is -1.26. The van der Waals surface area contributed by atoms with E-state index >= 15 is 0 Å². The molecule has 0 bridgehead atoms. The first-order chi connectivity index (χ1) is 14.8. The molecule has 2 aromatic rings. The largest absolute Gasteiger partial charge is 0.347 e. The number of halogens is 2. The summed E-state index contributed by atoms with van der Waals surface area (Å²) in [7, 11) is 0. The van der Waals surface area contributed by atoms with Crippen LogP contribution in [0.2, 0.25) is 0 Å². The number of likely N-dealkylation sites (tertiary alicyclic amines) is 1. The Morgan fingerprint density at radius 3 is 2.71 bits per heavy atom. The maximum Gasteiger partial charge on any atom is 0.243 e.